The van der Waals surface area contributed by atoms with Crippen LogP contribution in [0.5, 0.6) is 0 Å². The lowest BCUT2D eigenvalue weighted by Gasteiger charge is -2.28. The van der Waals surface area contributed by atoms with Crippen molar-refractivity contribution in [1.82, 2.24) is 10.8 Å². The highest BCUT2D eigenvalue weighted by Crippen LogP contribution is 2.26. The number of nitrogens with one attached hydrogen (secondary N) is 2. The van der Waals surface area contributed by atoms with Gasteiger partial charge in [0.25, 0.3) is 0 Å². The maximum Gasteiger partial charge on any atom is 0.306 e. The van der Waals surface area contributed by atoms with Gasteiger partial charge in [-0.05, 0) is 39.0 Å². The van der Waals surface area contributed by atoms with E-state index in [1.54, 1.807) is 12.4 Å². The Hall–Kier alpha value is -1.57. The summed E-state index contributed by atoms with van der Waals surface area (Å²) in [5, 5.41) is 31.7. The number of carboxylic acid groups (broad SMARTS) is 1. The Morgan fingerprint density at radius 3 is 2.16 bits per heavy atom. The first-order valence-electron chi connectivity index (χ1n) is 10.8. The van der Waals surface area contributed by atoms with Crippen molar-refractivity contribution in [3.8, 4) is 0 Å². The van der Waals surface area contributed by atoms with Gasteiger partial charge in [0.15, 0.2) is 0 Å². The molecule has 0 heterocycles. The number of hydrogen-bond donors (Lipinski definition) is 7. The highest BCUT2D eigenvalue weighted by atomic mass is 28.1. The van der Waals surface area contributed by atoms with E-state index in [9.17, 15) is 29.8 Å². The summed E-state index contributed by atoms with van der Waals surface area (Å²) in [6.45, 7) is 3.93. The molecule has 12 heteroatoms. The number of aliphatic hydroxyl groups excluding tert-OH is 1. The van der Waals surface area contributed by atoms with E-state index in [1.165, 1.54) is 0 Å². The van der Waals surface area contributed by atoms with Gasteiger partial charge >= 0.3 is 5.97 Å². The lowest BCUT2D eigenvalue weighted by atomic mass is 9.82. The van der Waals surface area contributed by atoms with Crippen LogP contribution in [0.2, 0.25) is 0 Å². The average Bonchev–Trinajstić information content (AvgIpc) is 2.70. The minimum Gasteiger partial charge on any atom is -0.481 e. The van der Waals surface area contributed by atoms with Crippen LogP contribution in [0, 0.1) is 17.8 Å². The summed E-state index contributed by atoms with van der Waals surface area (Å²) >= 11 is 0. The molecule has 0 aliphatic carbocycles. The number of carbonyl (C=O) groups is 3. The molecule has 0 rings (SSSR count). The summed E-state index contributed by atoms with van der Waals surface area (Å²) in [5.41, 5.74) is 13.0. The Labute approximate surface area is 186 Å². The van der Waals surface area contributed by atoms with Crippen LogP contribution >= 0.6 is 0 Å². The molecule has 0 aromatic rings. The van der Waals surface area contributed by atoms with E-state index < -0.39 is 41.6 Å². The molecule has 0 spiro atoms. The van der Waals surface area contributed by atoms with Gasteiger partial charge < -0.3 is 31.7 Å². The van der Waals surface area contributed by atoms with Gasteiger partial charge in [0.1, 0.15) is 0 Å². The molecule has 0 saturated carbocycles. The van der Waals surface area contributed by atoms with Crippen LogP contribution in [-0.2, 0) is 19.1 Å². The van der Waals surface area contributed by atoms with Crippen molar-refractivity contribution in [2.24, 2.45) is 29.2 Å². The summed E-state index contributed by atoms with van der Waals surface area (Å²) in [4.78, 5) is 35.6. The molecule has 0 aliphatic heterocycles. The van der Waals surface area contributed by atoms with Crippen molar-refractivity contribution < 1.29 is 34.5 Å². The lowest BCUT2D eigenvalue weighted by molar-refractivity contribution is -0.142. The van der Waals surface area contributed by atoms with E-state index in [4.69, 9.17) is 16.2 Å². The number of primary amides is 1. The third kappa shape index (κ3) is 12.8. The van der Waals surface area contributed by atoms with E-state index in [0.717, 1.165) is 10.2 Å². The Balaban J connectivity index is 5.33. The van der Waals surface area contributed by atoms with E-state index in [1.807, 2.05) is 6.92 Å². The van der Waals surface area contributed by atoms with Crippen LogP contribution in [-0.4, -0.2) is 81.0 Å². The Morgan fingerprint density at radius 1 is 1.10 bits per heavy atom. The first-order chi connectivity index (χ1) is 14.5. The highest BCUT2D eigenvalue weighted by Gasteiger charge is 2.31. The molecular formula is C19H40N4O7Si. The molecule has 2 amide bonds. The Morgan fingerprint density at radius 2 is 1.71 bits per heavy atom. The van der Waals surface area contributed by atoms with Crippen LogP contribution in [0.15, 0.2) is 0 Å². The summed E-state index contributed by atoms with van der Waals surface area (Å²) in [7, 11) is 0.871. The van der Waals surface area contributed by atoms with E-state index in [-0.39, 0.29) is 44.5 Å². The predicted octanol–water partition coefficient (Wildman–Crippen LogP) is -2.11. The van der Waals surface area contributed by atoms with Crippen molar-refractivity contribution in [2.75, 3.05) is 19.4 Å². The van der Waals surface area contributed by atoms with Gasteiger partial charge in [-0.3, -0.25) is 19.6 Å². The fraction of sp³-hybridized carbons (Fsp3) is 0.842. The molecule has 0 bridgehead atoms. The summed E-state index contributed by atoms with van der Waals surface area (Å²) in [5.74, 6) is -4.81. The second-order valence-electron chi connectivity index (χ2n) is 8.05. The summed E-state index contributed by atoms with van der Waals surface area (Å²) < 4.78 is 5.24. The van der Waals surface area contributed by atoms with Crippen LogP contribution in [0.25, 0.3) is 0 Å². The largest absolute Gasteiger partial charge is 0.481 e. The molecule has 0 aromatic heterocycles. The molecule has 0 aliphatic rings. The van der Waals surface area contributed by atoms with Gasteiger partial charge in [0.2, 0.25) is 11.8 Å². The SMILES string of the molecule is CCC(CC(CC(CC(CC(C)N)NCC(O)COC[SiH3])C(=O)NO)C(N)=O)C(=O)O. The smallest absolute Gasteiger partial charge is 0.306 e. The summed E-state index contributed by atoms with van der Waals surface area (Å²) in [6.07, 6.45) is 0.919. The van der Waals surface area contributed by atoms with E-state index in [2.05, 4.69) is 5.32 Å². The topological polar surface area (TPSA) is 197 Å². The van der Waals surface area contributed by atoms with Crippen molar-refractivity contribution in [3.05, 3.63) is 0 Å². The van der Waals surface area contributed by atoms with Gasteiger partial charge in [-0.15, -0.1) is 0 Å². The van der Waals surface area contributed by atoms with Crippen LogP contribution in [0.1, 0.15) is 46.0 Å². The second kappa shape index (κ2) is 16.1. The normalized spacial score (nSPS) is 17.3. The third-order valence-electron chi connectivity index (χ3n) is 5.25. The first kappa shape index (κ1) is 29.4. The minimum absolute atomic E-state index is 0.00519. The number of hydroxylamine groups is 1. The number of carbonyl (C=O) groups excluding carboxylic acids is 2. The molecule has 6 atom stereocenters. The van der Waals surface area contributed by atoms with Gasteiger partial charge in [0, 0.05) is 46.9 Å². The standard InChI is InChI=1S/C19H40N4O7Si/c1-3-12(19(27)28)5-13(17(21)25)6-14(18(26)23-29)7-15(4-11(2)20)22-8-16(24)9-30-10-31/h11-16,22,24,29H,3-10,20H2,1-2,31H3,(H2,21,25)(H,23,26)(H,27,28). The van der Waals surface area contributed by atoms with Crippen molar-refractivity contribution in [3.63, 3.8) is 0 Å². The molecule has 6 unspecified atom stereocenters. The van der Waals surface area contributed by atoms with Crippen LogP contribution in [0.3, 0.4) is 0 Å². The number of aliphatic hydroxyl groups is 1. The van der Waals surface area contributed by atoms with Crippen molar-refractivity contribution in [2.45, 2.75) is 64.1 Å². The highest BCUT2D eigenvalue weighted by molar-refractivity contribution is 6.08. The second-order valence-corrected chi connectivity index (χ2v) is 8.63. The summed E-state index contributed by atoms with van der Waals surface area (Å²) in [6, 6.07) is -0.489. The number of hydrogen-bond acceptors (Lipinski definition) is 8. The predicted molar refractivity (Wildman–Crippen MR) is 118 cm³/mol. The number of amides is 2. The average molecular weight is 465 g/mol. The van der Waals surface area contributed by atoms with Gasteiger partial charge in [-0.1, -0.05) is 6.92 Å². The molecule has 0 aromatic carbocycles. The van der Waals surface area contributed by atoms with Crippen molar-refractivity contribution >= 4 is 28.0 Å². The quantitative estimate of drug-likeness (QED) is 0.0674. The zero-order valence-corrected chi connectivity index (χ0v) is 20.8. The Bertz CT molecular complexity index is 553. The molecule has 182 valence electrons. The van der Waals surface area contributed by atoms with Crippen molar-refractivity contribution in [1.29, 1.82) is 0 Å². The maximum absolute atomic E-state index is 12.3. The van der Waals surface area contributed by atoms with E-state index in [0.29, 0.717) is 19.1 Å². The third-order valence-corrected chi connectivity index (χ3v) is 5.65. The first-order valence-corrected chi connectivity index (χ1v) is 12.2. The maximum atomic E-state index is 12.3. The zero-order chi connectivity index (χ0) is 24.0. The fourth-order valence-corrected chi connectivity index (χ4v) is 3.77. The molecule has 0 saturated heterocycles. The lowest BCUT2D eigenvalue weighted by Crippen LogP contribution is -2.44. The number of aliphatic carboxylic acids is 1. The molecule has 9 N–H and O–H groups in total. The monoisotopic (exact) mass is 464 g/mol. The molecule has 31 heavy (non-hydrogen) atoms. The number of rotatable bonds is 18. The van der Waals surface area contributed by atoms with E-state index >= 15 is 0 Å². The molecule has 11 nitrogen and oxygen atoms in total. The van der Waals surface area contributed by atoms with Gasteiger partial charge in [-0.25, -0.2) is 5.48 Å². The molecule has 0 fully saturated rings. The minimum atomic E-state index is -1.03. The molecule has 0 radical (unpaired) electrons. The number of nitrogens with two attached hydrogens (primary N) is 2. The van der Waals surface area contributed by atoms with Gasteiger partial charge in [-0.2, -0.15) is 0 Å². The number of carboxylic acids is 1. The van der Waals surface area contributed by atoms with Crippen LogP contribution in [0.4, 0.5) is 0 Å². The zero-order valence-electron chi connectivity index (χ0n) is 18.8. The number of ether oxygens (including phenoxy) is 1. The Kier molecular flexibility index (Phi) is 15.3. The van der Waals surface area contributed by atoms with Crippen LogP contribution < -0.4 is 22.3 Å². The van der Waals surface area contributed by atoms with Gasteiger partial charge in [0.05, 0.1) is 18.6 Å². The fourth-order valence-electron chi connectivity index (χ4n) is 3.53. The molecular weight excluding hydrogens is 424 g/mol.